The first-order valence-electron chi connectivity index (χ1n) is 7.28. The van der Waals surface area contributed by atoms with Crippen LogP contribution in [0.2, 0.25) is 5.02 Å². The molecule has 12 heteroatoms. The Labute approximate surface area is 159 Å². The molecule has 6 nitrogen and oxygen atoms in total. The Morgan fingerprint density at radius 3 is 2.61 bits per heavy atom. The minimum absolute atomic E-state index is 0.274. The largest absolute Gasteiger partial charge is 0.463 e. The molecular formula is C16H9ClF5N3O3. The summed E-state index contributed by atoms with van der Waals surface area (Å²) in [4.78, 5) is 13.4. The van der Waals surface area contributed by atoms with Gasteiger partial charge in [-0.25, -0.2) is 13.8 Å². The molecule has 0 atom stereocenters. The topological polar surface area (TPSA) is 77.3 Å². The van der Waals surface area contributed by atoms with Gasteiger partial charge in [-0.1, -0.05) is 23.4 Å². The van der Waals surface area contributed by atoms with E-state index >= 15 is 0 Å². The van der Waals surface area contributed by atoms with Gasteiger partial charge in [0.15, 0.2) is 23.9 Å². The van der Waals surface area contributed by atoms with Crippen LogP contribution in [0.15, 0.2) is 24.4 Å². The number of nitro benzene ring substituents is 1. The molecule has 0 spiro atoms. The van der Waals surface area contributed by atoms with E-state index in [4.69, 9.17) is 16.3 Å². The van der Waals surface area contributed by atoms with Crippen molar-refractivity contribution in [3.05, 3.63) is 56.7 Å². The highest BCUT2D eigenvalue weighted by Gasteiger charge is 2.31. The van der Waals surface area contributed by atoms with Crippen molar-refractivity contribution >= 4 is 23.0 Å². The molecule has 0 saturated carbocycles. The molecule has 28 heavy (non-hydrogen) atoms. The molecule has 0 amide bonds. The molecule has 0 unspecified atom stereocenters. The molecule has 148 valence electrons. The van der Waals surface area contributed by atoms with Gasteiger partial charge in [-0.3, -0.25) is 10.1 Å². The third-order valence-corrected chi connectivity index (χ3v) is 3.43. The zero-order valence-corrected chi connectivity index (χ0v) is 14.4. The quantitative estimate of drug-likeness (QED) is 0.334. The van der Waals surface area contributed by atoms with E-state index in [1.807, 2.05) is 0 Å². The number of halogens is 6. The standard InChI is InChI=1S/C16H9ClF5N3O3/c17-10-7-9(16(20,21)22)8-24-15(10)28-6-2-1-5-23-14-12(25(26)27)4-3-11(18)13(14)19/h3-4,7-8,23H,5-6H2. The fraction of sp³-hybridized carbons (Fsp3) is 0.188. The summed E-state index contributed by atoms with van der Waals surface area (Å²) in [5, 5.41) is 12.7. The summed E-state index contributed by atoms with van der Waals surface area (Å²) < 4.78 is 69.4. The van der Waals surface area contributed by atoms with E-state index in [0.717, 1.165) is 6.07 Å². The van der Waals surface area contributed by atoms with Gasteiger partial charge in [0.25, 0.3) is 5.69 Å². The van der Waals surface area contributed by atoms with Crippen LogP contribution in [0.3, 0.4) is 0 Å². The first-order valence-corrected chi connectivity index (χ1v) is 7.66. The average Bonchev–Trinajstić information content (AvgIpc) is 2.61. The molecule has 1 aromatic heterocycles. The molecule has 0 bridgehead atoms. The molecule has 0 saturated heterocycles. The van der Waals surface area contributed by atoms with Gasteiger partial charge in [0.1, 0.15) is 5.02 Å². The number of hydrogen-bond acceptors (Lipinski definition) is 5. The summed E-state index contributed by atoms with van der Waals surface area (Å²) in [7, 11) is 0. The summed E-state index contributed by atoms with van der Waals surface area (Å²) in [6, 6.07) is 2.07. The Morgan fingerprint density at radius 2 is 2.00 bits per heavy atom. The third-order valence-electron chi connectivity index (χ3n) is 3.16. The smallest absolute Gasteiger partial charge is 0.417 e. The van der Waals surface area contributed by atoms with Crippen molar-refractivity contribution < 1.29 is 31.6 Å². The second kappa shape index (κ2) is 8.71. The number of hydrogen-bond donors (Lipinski definition) is 1. The van der Waals surface area contributed by atoms with Gasteiger partial charge in [-0.05, 0) is 12.1 Å². The monoisotopic (exact) mass is 421 g/mol. The third kappa shape index (κ3) is 5.20. The number of benzene rings is 1. The number of anilines is 1. The molecule has 1 aromatic carbocycles. The zero-order valence-electron chi connectivity index (χ0n) is 13.6. The van der Waals surface area contributed by atoms with Crippen molar-refractivity contribution in [1.29, 1.82) is 0 Å². The van der Waals surface area contributed by atoms with Crippen LogP contribution in [0.25, 0.3) is 0 Å². The van der Waals surface area contributed by atoms with Gasteiger partial charge < -0.3 is 10.1 Å². The van der Waals surface area contributed by atoms with Gasteiger partial charge in [0.05, 0.1) is 17.0 Å². The predicted molar refractivity (Wildman–Crippen MR) is 89.0 cm³/mol. The predicted octanol–water partition coefficient (Wildman–Crippen LogP) is 4.43. The van der Waals surface area contributed by atoms with Gasteiger partial charge in [0, 0.05) is 12.3 Å². The molecule has 0 aliphatic heterocycles. The summed E-state index contributed by atoms with van der Waals surface area (Å²) in [5.74, 6) is 1.87. The van der Waals surface area contributed by atoms with Crippen molar-refractivity contribution in [3.8, 4) is 17.7 Å². The van der Waals surface area contributed by atoms with E-state index in [2.05, 4.69) is 22.1 Å². The highest BCUT2D eigenvalue weighted by molar-refractivity contribution is 6.31. The van der Waals surface area contributed by atoms with Crippen LogP contribution in [-0.2, 0) is 6.18 Å². The minimum atomic E-state index is -4.60. The van der Waals surface area contributed by atoms with E-state index in [1.54, 1.807) is 0 Å². The molecule has 1 heterocycles. The van der Waals surface area contributed by atoms with Gasteiger partial charge >= 0.3 is 6.18 Å². The van der Waals surface area contributed by atoms with E-state index in [0.29, 0.717) is 18.3 Å². The Morgan fingerprint density at radius 1 is 1.29 bits per heavy atom. The van der Waals surface area contributed by atoms with E-state index < -0.39 is 39.7 Å². The van der Waals surface area contributed by atoms with Gasteiger partial charge in [-0.15, -0.1) is 0 Å². The lowest BCUT2D eigenvalue weighted by Crippen LogP contribution is -2.07. The summed E-state index contributed by atoms with van der Waals surface area (Å²) in [6.07, 6.45) is -4.06. The number of alkyl halides is 3. The van der Waals surface area contributed by atoms with Crippen LogP contribution in [0.5, 0.6) is 5.88 Å². The van der Waals surface area contributed by atoms with Crippen molar-refractivity contribution in [3.63, 3.8) is 0 Å². The molecule has 0 fully saturated rings. The van der Waals surface area contributed by atoms with Crippen LogP contribution in [0, 0.1) is 33.6 Å². The number of nitrogens with one attached hydrogen (secondary N) is 1. The second-order valence-electron chi connectivity index (χ2n) is 5.02. The summed E-state index contributed by atoms with van der Waals surface area (Å²) >= 11 is 5.65. The van der Waals surface area contributed by atoms with E-state index in [-0.39, 0.29) is 24.1 Å². The van der Waals surface area contributed by atoms with E-state index in [9.17, 15) is 32.1 Å². The average molecular weight is 422 g/mol. The number of ether oxygens (including phenoxy) is 1. The Balaban J connectivity index is 1.96. The molecule has 0 radical (unpaired) electrons. The Hall–Kier alpha value is -3.13. The summed E-state index contributed by atoms with van der Waals surface area (Å²) in [6.45, 7) is -0.619. The fourth-order valence-electron chi connectivity index (χ4n) is 1.90. The fourth-order valence-corrected chi connectivity index (χ4v) is 2.12. The number of aromatic nitrogens is 1. The lowest BCUT2D eigenvalue weighted by Gasteiger charge is -2.08. The first-order chi connectivity index (χ1) is 13.1. The van der Waals surface area contributed by atoms with Crippen molar-refractivity contribution in [2.45, 2.75) is 6.18 Å². The number of rotatable bonds is 5. The first kappa shape index (κ1) is 21.2. The minimum Gasteiger partial charge on any atom is -0.463 e. The lowest BCUT2D eigenvalue weighted by atomic mass is 10.2. The van der Waals surface area contributed by atoms with Crippen molar-refractivity contribution in [2.24, 2.45) is 0 Å². The maximum atomic E-state index is 13.7. The molecular weight excluding hydrogens is 413 g/mol. The zero-order chi connectivity index (χ0) is 20.9. The number of nitro groups is 1. The normalized spacial score (nSPS) is 10.8. The maximum absolute atomic E-state index is 13.7. The molecule has 0 aliphatic carbocycles. The van der Waals surface area contributed by atoms with Crippen LogP contribution in [0.1, 0.15) is 5.56 Å². The molecule has 2 aromatic rings. The number of pyridine rings is 1. The maximum Gasteiger partial charge on any atom is 0.417 e. The SMILES string of the molecule is O=[N+]([O-])c1ccc(F)c(F)c1NCC#CCOc1ncc(C(F)(F)F)cc1Cl. The van der Waals surface area contributed by atoms with Crippen LogP contribution >= 0.6 is 11.6 Å². The Bertz CT molecular complexity index is 957. The summed E-state index contributed by atoms with van der Waals surface area (Å²) in [5.41, 5.74) is -2.37. The van der Waals surface area contributed by atoms with Crippen molar-refractivity contribution in [1.82, 2.24) is 4.98 Å². The van der Waals surface area contributed by atoms with Crippen LogP contribution in [0.4, 0.5) is 33.3 Å². The number of nitrogens with zero attached hydrogens (tertiary/aromatic N) is 2. The van der Waals surface area contributed by atoms with Crippen molar-refractivity contribution in [2.75, 3.05) is 18.5 Å². The molecule has 0 aliphatic rings. The highest BCUT2D eigenvalue weighted by atomic mass is 35.5. The van der Waals surface area contributed by atoms with Gasteiger partial charge in [-0.2, -0.15) is 13.2 Å². The van der Waals surface area contributed by atoms with Crippen LogP contribution < -0.4 is 10.1 Å². The van der Waals surface area contributed by atoms with Gasteiger partial charge in [0.2, 0.25) is 5.88 Å². The second-order valence-corrected chi connectivity index (χ2v) is 5.42. The van der Waals surface area contributed by atoms with E-state index in [1.165, 1.54) is 0 Å². The molecule has 1 N–H and O–H groups in total. The highest BCUT2D eigenvalue weighted by Crippen LogP contribution is 2.33. The van der Waals surface area contributed by atoms with Crippen LogP contribution in [-0.4, -0.2) is 23.1 Å². The molecule has 2 rings (SSSR count). The lowest BCUT2D eigenvalue weighted by molar-refractivity contribution is -0.384. The Kier molecular flexibility index (Phi) is 6.58.